The van der Waals surface area contributed by atoms with Crippen molar-refractivity contribution in [3.63, 3.8) is 0 Å². The Bertz CT molecular complexity index is 943. The third-order valence-electron chi connectivity index (χ3n) is 5.70. The first-order valence-electron chi connectivity index (χ1n) is 10.3. The van der Waals surface area contributed by atoms with Crippen LogP contribution in [0.1, 0.15) is 42.5 Å². The summed E-state index contributed by atoms with van der Waals surface area (Å²) in [4.78, 5) is 17.4. The van der Waals surface area contributed by atoms with E-state index in [1.807, 2.05) is 42.5 Å². The number of hydrogen-bond donors (Lipinski definition) is 2. The predicted molar refractivity (Wildman–Crippen MR) is 128 cm³/mol. The van der Waals surface area contributed by atoms with Crippen LogP contribution < -0.4 is 11.1 Å². The minimum Gasteiger partial charge on any atom is -0.348 e. The van der Waals surface area contributed by atoms with Gasteiger partial charge in [-0.25, -0.2) is 4.68 Å². The molecule has 1 fully saturated rings. The molecule has 6 nitrogen and oxygen atoms in total. The molecule has 166 valence electrons. The van der Waals surface area contributed by atoms with E-state index in [1.165, 1.54) is 19.3 Å². The summed E-state index contributed by atoms with van der Waals surface area (Å²) in [6.45, 7) is 0.450. The molecule has 0 spiro atoms. The number of nitrogens with one attached hydrogen (secondary N) is 1. The van der Waals surface area contributed by atoms with Crippen molar-refractivity contribution in [2.24, 2.45) is 11.7 Å². The number of hydrogen-bond acceptors (Lipinski definition) is 4. The molecule has 0 bridgehead atoms. The second kappa shape index (κ2) is 11.8. The highest BCUT2D eigenvalue weighted by molar-refractivity contribution is 6.00. The smallest absolute Gasteiger partial charge is 0.255 e. The third-order valence-corrected chi connectivity index (χ3v) is 5.70. The molecule has 2 aromatic heterocycles. The van der Waals surface area contributed by atoms with E-state index in [4.69, 9.17) is 10.8 Å². The van der Waals surface area contributed by atoms with Crippen molar-refractivity contribution in [3.05, 3.63) is 66.6 Å². The van der Waals surface area contributed by atoms with Gasteiger partial charge in [-0.05, 0) is 43.0 Å². The first-order valence-corrected chi connectivity index (χ1v) is 10.3. The fourth-order valence-corrected chi connectivity index (χ4v) is 4.12. The minimum absolute atomic E-state index is 0. The van der Waals surface area contributed by atoms with Crippen molar-refractivity contribution in [3.8, 4) is 16.9 Å². The molecule has 2 heterocycles. The Kier molecular flexibility index (Phi) is 9.49. The van der Waals surface area contributed by atoms with Gasteiger partial charge in [0.25, 0.3) is 5.91 Å². The van der Waals surface area contributed by atoms with Gasteiger partial charge < -0.3 is 11.1 Å². The lowest BCUT2D eigenvalue weighted by atomic mass is 9.84. The lowest BCUT2D eigenvalue weighted by Crippen LogP contribution is -2.46. The van der Waals surface area contributed by atoms with Crippen molar-refractivity contribution in [2.75, 3.05) is 6.54 Å². The summed E-state index contributed by atoms with van der Waals surface area (Å²) in [6, 6.07) is 13.6. The van der Waals surface area contributed by atoms with Crippen LogP contribution in [0.5, 0.6) is 0 Å². The average molecular weight is 462 g/mol. The van der Waals surface area contributed by atoms with E-state index in [1.54, 1.807) is 23.3 Å². The van der Waals surface area contributed by atoms with Crippen LogP contribution in [-0.4, -0.2) is 33.3 Å². The summed E-state index contributed by atoms with van der Waals surface area (Å²) in [5, 5.41) is 7.89. The van der Waals surface area contributed by atoms with Crippen LogP contribution >= 0.6 is 24.8 Å². The lowest BCUT2D eigenvalue weighted by Gasteiger charge is -2.30. The van der Waals surface area contributed by atoms with Gasteiger partial charge >= 0.3 is 0 Å². The highest BCUT2D eigenvalue weighted by Gasteiger charge is 2.26. The Morgan fingerprint density at radius 2 is 1.84 bits per heavy atom. The number of aromatic nitrogens is 3. The summed E-state index contributed by atoms with van der Waals surface area (Å²) in [6.07, 6.45) is 11.2. The molecule has 0 saturated heterocycles. The fourth-order valence-electron chi connectivity index (χ4n) is 4.12. The number of pyridine rings is 1. The molecule has 0 radical (unpaired) electrons. The van der Waals surface area contributed by atoms with Crippen molar-refractivity contribution >= 4 is 30.7 Å². The standard InChI is InChI=1S/C23H27N5O.2ClH/c24-14-21(17-8-3-1-4-9-17)26-23(29)20-16-28(19-11-5-2-6-12-19)27-22(20)18-10-7-13-25-15-18;;/h2,5-7,10-13,15-17,21H,1,3-4,8-9,14,24H2,(H,26,29);2*1H. The number of rotatable bonds is 6. The molecule has 0 aliphatic heterocycles. The Morgan fingerprint density at radius 1 is 1.10 bits per heavy atom. The zero-order valence-corrected chi connectivity index (χ0v) is 18.9. The van der Waals surface area contributed by atoms with E-state index in [9.17, 15) is 4.79 Å². The summed E-state index contributed by atoms with van der Waals surface area (Å²) in [5.41, 5.74) is 8.91. The van der Waals surface area contributed by atoms with Crippen LogP contribution in [0.15, 0.2) is 61.1 Å². The van der Waals surface area contributed by atoms with E-state index in [0.29, 0.717) is 23.7 Å². The normalized spacial score (nSPS) is 14.7. The van der Waals surface area contributed by atoms with Gasteiger partial charge in [-0.15, -0.1) is 24.8 Å². The number of para-hydroxylation sites is 1. The van der Waals surface area contributed by atoms with E-state index in [-0.39, 0.29) is 36.8 Å². The second-order valence-corrected chi connectivity index (χ2v) is 7.63. The molecule has 1 amide bonds. The molecule has 31 heavy (non-hydrogen) atoms. The number of benzene rings is 1. The van der Waals surface area contributed by atoms with E-state index < -0.39 is 0 Å². The Hall–Kier alpha value is -2.41. The summed E-state index contributed by atoms with van der Waals surface area (Å²) < 4.78 is 1.75. The molecule has 1 saturated carbocycles. The number of carbonyl (C=O) groups excluding carboxylic acids is 1. The molecule has 3 aromatic rings. The van der Waals surface area contributed by atoms with Crippen LogP contribution in [0.2, 0.25) is 0 Å². The number of nitrogens with two attached hydrogens (primary N) is 1. The van der Waals surface area contributed by atoms with Crippen molar-refractivity contribution in [1.29, 1.82) is 0 Å². The molecule has 1 unspecified atom stereocenters. The van der Waals surface area contributed by atoms with Crippen LogP contribution in [0.4, 0.5) is 0 Å². The number of nitrogens with zero attached hydrogens (tertiary/aromatic N) is 3. The maximum Gasteiger partial charge on any atom is 0.255 e. The topological polar surface area (TPSA) is 85.8 Å². The quantitative estimate of drug-likeness (QED) is 0.568. The largest absolute Gasteiger partial charge is 0.348 e. The van der Waals surface area contributed by atoms with Crippen molar-refractivity contribution < 1.29 is 4.79 Å². The Morgan fingerprint density at radius 3 is 2.48 bits per heavy atom. The van der Waals surface area contributed by atoms with E-state index in [0.717, 1.165) is 24.1 Å². The van der Waals surface area contributed by atoms with E-state index in [2.05, 4.69) is 10.3 Å². The average Bonchev–Trinajstić information content (AvgIpc) is 3.25. The molecule has 1 atom stereocenters. The van der Waals surface area contributed by atoms with Gasteiger partial charge in [-0.1, -0.05) is 37.5 Å². The highest BCUT2D eigenvalue weighted by Crippen LogP contribution is 2.27. The molecule has 8 heteroatoms. The van der Waals surface area contributed by atoms with Gasteiger partial charge in [0.2, 0.25) is 0 Å². The van der Waals surface area contributed by atoms with Gasteiger partial charge in [0.15, 0.2) is 0 Å². The monoisotopic (exact) mass is 461 g/mol. The van der Waals surface area contributed by atoms with E-state index >= 15 is 0 Å². The summed E-state index contributed by atoms with van der Waals surface area (Å²) >= 11 is 0. The molecule has 1 aromatic carbocycles. The number of carbonyl (C=O) groups is 1. The maximum atomic E-state index is 13.3. The summed E-state index contributed by atoms with van der Waals surface area (Å²) in [5.74, 6) is 0.316. The molecule has 1 aliphatic carbocycles. The lowest BCUT2D eigenvalue weighted by molar-refractivity contribution is 0.0916. The van der Waals surface area contributed by atoms with Gasteiger partial charge in [-0.3, -0.25) is 9.78 Å². The predicted octanol–water partition coefficient (Wildman–Crippen LogP) is 4.42. The number of halogens is 2. The van der Waals surface area contributed by atoms with Crippen molar-refractivity contribution in [2.45, 2.75) is 38.1 Å². The molecule has 1 aliphatic rings. The minimum atomic E-state index is -0.132. The zero-order valence-electron chi connectivity index (χ0n) is 17.3. The van der Waals surface area contributed by atoms with Crippen molar-refractivity contribution in [1.82, 2.24) is 20.1 Å². The van der Waals surface area contributed by atoms with Crippen LogP contribution in [0.3, 0.4) is 0 Å². The van der Waals surface area contributed by atoms with Gasteiger partial charge in [0.1, 0.15) is 5.69 Å². The fraction of sp³-hybridized carbons (Fsp3) is 0.348. The first kappa shape index (κ1) is 24.9. The Labute approximate surface area is 195 Å². The van der Waals surface area contributed by atoms with Gasteiger partial charge in [-0.2, -0.15) is 5.10 Å². The Balaban J connectivity index is 0.00000171. The highest BCUT2D eigenvalue weighted by atomic mass is 35.5. The van der Waals surface area contributed by atoms with Gasteiger partial charge in [0.05, 0.1) is 11.3 Å². The molecular formula is C23H29Cl2N5O. The second-order valence-electron chi connectivity index (χ2n) is 7.63. The van der Waals surface area contributed by atoms with Crippen LogP contribution in [-0.2, 0) is 0 Å². The SMILES string of the molecule is Cl.Cl.NCC(NC(=O)c1cn(-c2ccccc2)nc1-c1cccnc1)C1CCCCC1. The maximum absolute atomic E-state index is 13.3. The molecule has 3 N–H and O–H groups in total. The molecular weight excluding hydrogens is 433 g/mol. The van der Waals surface area contributed by atoms with Crippen LogP contribution in [0, 0.1) is 5.92 Å². The zero-order chi connectivity index (χ0) is 20.1. The first-order chi connectivity index (χ1) is 14.3. The van der Waals surface area contributed by atoms with Crippen LogP contribution in [0.25, 0.3) is 16.9 Å². The third kappa shape index (κ3) is 5.85. The number of amides is 1. The summed E-state index contributed by atoms with van der Waals surface area (Å²) in [7, 11) is 0. The van der Waals surface area contributed by atoms with Gasteiger partial charge in [0, 0.05) is 36.7 Å². The molecule has 4 rings (SSSR count).